The molecular formula is C7H5F2IO2. The van der Waals surface area contributed by atoms with Gasteiger partial charge in [0.2, 0.25) is 5.82 Å². The summed E-state index contributed by atoms with van der Waals surface area (Å²) >= 11 is 1.51. The summed E-state index contributed by atoms with van der Waals surface area (Å²) in [5.74, 6) is -2.80. The molecule has 0 aliphatic heterocycles. The first-order chi connectivity index (χ1) is 5.57. The van der Waals surface area contributed by atoms with Gasteiger partial charge in [-0.05, 0) is 22.6 Å². The van der Waals surface area contributed by atoms with E-state index in [1.807, 2.05) is 0 Å². The highest BCUT2D eigenvalue weighted by atomic mass is 127. The monoisotopic (exact) mass is 286 g/mol. The van der Waals surface area contributed by atoms with Crippen LogP contribution in [0, 0.1) is 15.2 Å². The minimum absolute atomic E-state index is 0.147. The molecule has 66 valence electrons. The second-order valence-corrected chi connectivity index (χ2v) is 3.12. The predicted molar refractivity (Wildman–Crippen MR) is 47.3 cm³/mol. The molecule has 2 nitrogen and oxygen atoms in total. The average molecular weight is 286 g/mol. The molecule has 0 spiro atoms. The molecule has 0 aliphatic carbocycles. The summed E-state index contributed by atoms with van der Waals surface area (Å²) in [5.41, 5.74) is 0. The van der Waals surface area contributed by atoms with Gasteiger partial charge in [-0.15, -0.1) is 0 Å². The van der Waals surface area contributed by atoms with E-state index in [0.717, 1.165) is 6.07 Å². The molecule has 0 bridgehead atoms. The maximum Gasteiger partial charge on any atom is 0.201 e. The molecule has 0 atom stereocenters. The molecule has 0 aliphatic rings. The summed E-state index contributed by atoms with van der Waals surface area (Å²) in [4.78, 5) is 0. The van der Waals surface area contributed by atoms with Crippen molar-refractivity contribution in [2.24, 2.45) is 0 Å². The van der Waals surface area contributed by atoms with E-state index >= 15 is 0 Å². The Labute approximate surface area is 81.3 Å². The fraction of sp³-hybridized carbons (Fsp3) is 0.143. The average Bonchev–Trinajstić information content (AvgIpc) is 2.08. The Bertz CT molecular complexity index is 315. The molecule has 0 heterocycles. The first kappa shape index (κ1) is 9.50. The van der Waals surface area contributed by atoms with Crippen LogP contribution in [0.2, 0.25) is 0 Å². The van der Waals surface area contributed by atoms with Crippen molar-refractivity contribution in [1.82, 2.24) is 0 Å². The standard InChI is InChI=1S/C7H5F2IO2/c1-12-4-2-3(11)7(10)6(9)5(4)8/h2,11H,1H3. The summed E-state index contributed by atoms with van der Waals surface area (Å²) < 4.78 is 30.0. The molecule has 5 heteroatoms. The zero-order chi connectivity index (χ0) is 9.30. The highest BCUT2D eigenvalue weighted by Crippen LogP contribution is 2.31. The molecule has 0 unspecified atom stereocenters. The lowest BCUT2D eigenvalue weighted by atomic mass is 10.3. The number of halogens is 3. The third kappa shape index (κ3) is 1.45. The lowest BCUT2D eigenvalue weighted by Gasteiger charge is -2.05. The van der Waals surface area contributed by atoms with Crippen molar-refractivity contribution in [2.45, 2.75) is 0 Å². The van der Waals surface area contributed by atoms with E-state index in [0.29, 0.717) is 0 Å². The van der Waals surface area contributed by atoms with Crippen LogP contribution >= 0.6 is 22.6 Å². The molecular weight excluding hydrogens is 281 g/mol. The Hall–Kier alpha value is -0.590. The zero-order valence-electron chi connectivity index (χ0n) is 6.07. The normalized spacial score (nSPS) is 10.0. The smallest absolute Gasteiger partial charge is 0.201 e. The molecule has 0 aromatic heterocycles. The summed E-state index contributed by atoms with van der Waals surface area (Å²) in [6, 6.07) is 1.03. The minimum atomic E-state index is -1.09. The zero-order valence-corrected chi connectivity index (χ0v) is 8.22. The van der Waals surface area contributed by atoms with Crippen LogP contribution < -0.4 is 4.74 Å². The largest absolute Gasteiger partial charge is 0.507 e. The quantitative estimate of drug-likeness (QED) is 0.634. The number of methoxy groups -OCH3 is 1. The molecule has 0 amide bonds. The first-order valence-corrected chi connectivity index (χ1v) is 4.06. The van der Waals surface area contributed by atoms with Crippen LogP contribution in [0.25, 0.3) is 0 Å². The van der Waals surface area contributed by atoms with Crippen molar-refractivity contribution in [2.75, 3.05) is 7.11 Å². The van der Waals surface area contributed by atoms with Crippen LogP contribution in [0.1, 0.15) is 0 Å². The molecule has 0 saturated carbocycles. The van der Waals surface area contributed by atoms with Crippen LogP contribution in [-0.2, 0) is 0 Å². The van der Waals surface area contributed by atoms with Gasteiger partial charge in [0.15, 0.2) is 11.6 Å². The fourth-order valence-corrected chi connectivity index (χ4v) is 1.11. The van der Waals surface area contributed by atoms with Crippen LogP contribution in [0.5, 0.6) is 11.5 Å². The van der Waals surface area contributed by atoms with Crippen molar-refractivity contribution < 1.29 is 18.6 Å². The van der Waals surface area contributed by atoms with E-state index < -0.39 is 11.6 Å². The Morgan fingerprint density at radius 2 is 2.00 bits per heavy atom. The summed E-state index contributed by atoms with van der Waals surface area (Å²) in [7, 11) is 1.20. The predicted octanol–water partition coefficient (Wildman–Crippen LogP) is 2.28. The SMILES string of the molecule is COc1cc(O)c(I)c(F)c1F. The van der Waals surface area contributed by atoms with Gasteiger partial charge in [0.05, 0.1) is 10.7 Å². The van der Waals surface area contributed by atoms with Gasteiger partial charge < -0.3 is 9.84 Å². The molecule has 1 aromatic rings. The molecule has 1 rings (SSSR count). The Morgan fingerprint density at radius 3 is 2.50 bits per heavy atom. The third-order valence-electron chi connectivity index (χ3n) is 1.31. The minimum Gasteiger partial charge on any atom is -0.507 e. The Balaban J connectivity index is 3.39. The lowest BCUT2D eigenvalue weighted by molar-refractivity contribution is 0.362. The Morgan fingerprint density at radius 1 is 1.42 bits per heavy atom. The fourth-order valence-electron chi connectivity index (χ4n) is 0.716. The van der Waals surface area contributed by atoms with E-state index in [2.05, 4.69) is 4.74 Å². The van der Waals surface area contributed by atoms with Gasteiger partial charge in [0.25, 0.3) is 0 Å². The van der Waals surface area contributed by atoms with E-state index in [-0.39, 0.29) is 15.1 Å². The second-order valence-electron chi connectivity index (χ2n) is 2.04. The van der Waals surface area contributed by atoms with Crippen LogP contribution in [0.15, 0.2) is 6.07 Å². The number of hydrogen-bond acceptors (Lipinski definition) is 2. The highest BCUT2D eigenvalue weighted by molar-refractivity contribution is 14.1. The van der Waals surface area contributed by atoms with Gasteiger partial charge in [-0.25, -0.2) is 4.39 Å². The maximum absolute atomic E-state index is 12.8. The van der Waals surface area contributed by atoms with Crippen molar-refractivity contribution in [1.29, 1.82) is 0 Å². The number of hydrogen-bond donors (Lipinski definition) is 1. The number of ether oxygens (including phenoxy) is 1. The number of phenols is 1. The first-order valence-electron chi connectivity index (χ1n) is 2.98. The van der Waals surface area contributed by atoms with Crippen molar-refractivity contribution in [3.05, 3.63) is 21.3 Å². The highest BCUT2D eigenvalue weighted by Gasteiger charge is 2.16. The maximum atomic E-state index is 12.8. The van der Waals surface area contributed by atoms with Gasteiger partial charge in [-0.3, -0.25) is 0 Å². The molecule has 0 fully saturated rings. The van der Waals surface area contributed by atoms with E-state index in [9.17, 15) is 8.78 Å². The van der Waals surface area contributed by atoms with Gasteiger partial charge in [0, 0.05) is 6.07 Å². The number of phenolic OH excluding ortho intramolecular Hbond substituents is 1. The van der Waals surface area contributed by atoms with Crippen LogP contribution in [0.3, 0.4) is 0 Å². The lowest BCUT2D eigenvalue weighted by Crippen LogP contribution is -1.94. The van der Waals surface area contributed by atoms with Gasteiger partial charge in [-0.1, -0.05) is 0 Å². The van der Waals surface area contributed by atoms with Gasteiger partial charge in [0.1, 0.15) is 5.75 Å². The van der Waals surface area contributed by atoms with Crippen molar-refractivity contribution in [3.8, 4) is 11.5 Å². The topological polar surface area (TPSA) is 29.5 Å². The van der Waals surface area contributed by atoms with Crippen LogP contribution in [-0.4, -0.2) is 12.2 Å². The van der Waals surface area contributed by atoms with E-state index in [1.54, 1.807) is 0 Å². The third-order valence-corrected chi connectivity index (χ3v) is 2.34. The summed E-state index contributed by atoms with van der Waals surface area (Å²) in [5, 5.41) is 9.04. The molecule has 1 aromatic carbocycles. The second kappa shape index (κ2) is 3.42. The van der Waals surface area contributed by atoms with E-state index in [1.165, 1.54) is 29.7 Å². The van der Waals surface area contributed by atoms with Crippen molar-refractivity contribution in [3.63, 3.8) is 0 Å². The van der Waals surface area contributed by atoms with E-state index in [4.69, 9.17) is 5.11 Å². The Kier molecular flexibility index (Phi) is 2.71. The summed E-state index contributed by atoms with van der Waals surface area (Å²) in [6.45, 7) is 0. The van der Waals surface area contributed by atoms with Gasteiger partial charge >= 0.3 is 0 Å². The number of benzene rings is 1. The molecule has 0 saturated heterocycles. The number of rotatable bonds is 1. The molecule has 1 N–H and O–H groups in total. The summed E-state index contributed by atoms with van der Waals surface area (Å²) in [6.07, 6.45) is 0. The number of aromatic hydroxyl groups is 1. The molecule has 0 radical (unpaired) electrons. The van der Waals surface area contributed by atoms with Crippen LogP contribution in [0.4, 0.5) is 8.78 Å². The van der Waals surface area contributed by atoms with Gasteiger partial charge in [-0.2, -0.15) is 4.39 Å². The van der Waals surface area contributed by atoms with Crippen molar-refractivity contribution >= 4 is 22.6 Å². The molecule has 12 heavy (non-hydrogen) atoms.